The fraction of sp³-hybridized carbons (Fsp3) is 0.182. The van der Waals surface area contributed by atoms with Crippen molar-refractivity contribution in [3.05, 3.63) is 35.6 Å². The molecule has 0 spiro atoms. The van der Waals surface area contributed by atoms with Crippen LogP contribution in [0.3, 0.4) is 0 Å². The highest BCUT2D eigenvalue weighted by molar-refractivity contribution is 7.13. The molecule has 2 N–H and O–H groups in total. The molecule has 0 aromatic carbocycles. The van der Waals surface area contributed by atoms with Crippen molar-refractivity contribution < 1.29 is 9.90 Å². The molecule has 2 heterocycles. The number of rotatable bonds is 4. The van der Waals surface area contributed by atoms with Crippen LogP contribution in [-0.2, 0) is 4.79 Å². The Labute approximate surface area is 102 Å². The molecule has 0 aliphatic heterocycles. The Morgan fingerprint density at radius 2 is 2.35 bits per heavy atom. The van der Waals surface area contributed by atoms with E-state index in [1.807, 2.05) is 17.5 Å². The van der Waals surface area contributed by atoms with Crippen LogP contribution in [0.4, 0.5) is 0 Å². The van der Waals surface area contributed by atoms with Gasteiger partial charge in [-0.2, -0.15) is 0 Å². The number of nitrogens with one attached hydrogen (secondary N) is 1. The minimum Gasteiger partial charge on any atom is -0.480 e. The summed E-state index contributed by atoms with van der Waals surface area (Å²) in [6.45, 7) is 0. The van der Waals surface area contributed by atoms with E-state index in [1.54, 1.807) is 30.6 Å². The molecule has 2 rings (SSSR count). The highest BCUT2D eigenvalue weighted by atomic mass is 32.1. The lowest BCUT2D eigenvalue weighted by Crippen LogP contribution is -2.27. The predicted octanol–water partition coefficient (Wildman–Crippen LogP) is 1.55. The quantitative estimate of drug-likeness (QED) is 0.859. The van der Waals surface area contributed by atoms with Crippen LogP contribution in [-0.4, -0.2) is 28.1 Å². The van der Waals surface area contributed by atoms with Crippen LogP contribution in [0.1, 0.15) is 11.9 Å². The van der Waals surface area contributed by atoms with Crippen molar-refractivity contribution in [1.29, 1.82) is 0 Å². The molecule has 88 valence electrons. The summed E-state index contributed by atoms with van der Waals surface area (Å²) in [6.07, 6.45) is 1.57. The van der Waals surface area contributed by atoms with Gasteiger partial charge in [0.25, 0.3) is 0 Å². The Balaban J connectivity index is 2.37. The van der Waals surface area contributed by atoms with Crippen molar-refractivity contribution >= 4 is 17.3 Å². The third kappa shape index (κ3) is 2.48. The summed E-state index contributed by atoms with van der Waals surface area (Å²) in [5, 5.41) is 13.6. The van der Waals surface area contributed by atoms with Crippen molar-refractivity contribution in [1.82, 2.24) is 15.3 Å². The molecule has 0 bridgehead atoms. The van der Waals surface area contributed by atoms with Crippen LogP contribution >= 0.6 is 11.3 Å². The third-order valence-corrected chi connectivity index (χ3v) is 3.13. The lowest BCUT2D eigenvalue weighted by molar-refractivity contribution is -0.139. The number of aromatic nitrogens is 2. The number of carbonyl (C=O) groups is 1. The van der Waals surface area contributed by atoms with Gasteiger partial charge in [-0.3, -0.25) is 4.79 Å². The molecular weight excluding hydrogens is 238 g/mol. The van der Waals surface area contributed by atoms with E-state index in [4.69, 9.17) is 5.11 Å². The normalized spacial score (nSPS) is 12.3. The Morgan fingerprint density at radius 1 is 1.53 bits per heavy atom. The Morgan fingerprint density at radius 3 is 2.94 bits per heavy atom. The fourth-order valence-electron chi connectivity index (χ4n) is 1.44. The molecular formula is C11H11N3O2S. The molecule has 0 amide bonds. The number of carboxylic acids is 1. The van der Waals surface area contributed by atoms with Gasteiger partial charge in [0, 0.05) is 6.20 Å². The fourth-order valence-corrected chi connectivity index (χ4v) is 2.13. The van der Waals surface area contributed by atoms with E-state index in [0.717, 1.165) is 10.6 Å². The number of hydrogen-bond acceptors (Lipinski definition) is 5. The molecule has 6 heteroatoms. The average molecular weight is 249 g/mol. The number of hydrogen-bond donors (Lipinski definition) is 2. The van der Waals surface area contributed by atoms with Crippen LogP contribution in [0.25, 0.3) is 10.6 Å². The highest BCUT2D eigenvalue weighted by Crippen LogP contribution is 2.23. The van der Waals surface area contributed by atoms with E-state index < -0.39 is 12.0 Å². The molecule has 0 saturated heterocycles. The van der Waals surface area contributed by atoms with E-state index in [9.17, 15) is 4.79 Å². The standard InChI is InChI=1S/C11H11N3O2S/c1-12-9(11(15)16)10-13-5-4-7(14-10)8-3-2-6-17-8/h2-6,9,12H,1H3,(H,15,16). The van der Waals surface area contributed by atoms with Gasteiger partial charge in [-0.05, 0) is 24.6 Å². The number of nitrogens with zero attached hydrogens (tertiary/aromatic N) is 2. The lowest BCUT2D eigenvalue weighted by Gasteiger charge is -2.09. The molecule has 0 fully saturated rings. The first-order chi connectivity index (χ1) is 8.22. The van der Waals surface area contributed by atoms with Crippen LogP contribution in [0.5, 0.6) is 0 Å². The molecule has 2 aromatic heterocycles. The van der Waals surface area contributed by atoms with Gasteiger partial charge in [-0.25, -0.2) is 9.97 Å². The highest BCUT2D eigenvalue weighted by Gasteiger charge is 2.20. The van der Waals surface area contributed by atoms with Gasteiger partial charge >= 0.3 is 5.97 Å². The minimum atomic E-state index is -0.990. The van der Waals surface area contributed by atoms with Crippen LogP contribution in [0, 0.1) is 0 Å². The smallest absolute Gasteiger partial charge is 0.328 e. The van der Waals surface area contributed by atoms with Gasteiger partial charge in [-0.1, -0.05) is 6.07 Å². The summed E-state index contributed by atoms with van der Waals surface area (Å²) in [5.74, 6) is -0.721. The van der Waals surface area contributed by atoms with Crippen LogP contribution < -0.4 is 5.32 Å². The van der Waals surface area contributed by atoms with Crippen molar-refractivity contribution in [2.75, 3.05) is 7.05 Å². The summed E-state index contributed by atoms with van der Waals surface area (Å²) < 4.78 is 0. The zero-order valence-electron chi connectivity index (χ0n) is 9.12. The number of likely N-dealkylation sites (N-methyl/N-ethyl adjacent to an activating group) is 1. The van der Waals surface area contributed by atoms with Gasteiger partial charge in [-0.15, -0.1) is 11.3 Å². The molecule has 1 unspecified atom stereocenters. The second kappa shape index (κ2) is 5.03. The summed E-state index contributed by atoms with van der Waals surface area (Å²) in [5.41, 5.74) is 0.742. The summed E-state index contributed by atoms with van der Waals surface area (Å²) in [4.78, 5) is 20.2. The van der Waals surface area contributed by atoms with Crippen molar-refractivity contribution in [3.8, 4) is 10.6 Å². The van der Waals surface area contributed by atoms with Gasteiger partial charge in [0.15, 0.2) is 11.9 Å². The van der Waals surface area contributed by atoms with Crippen molar-refractivity contribution in [2.24, 2.45) is 0 Å². The molecule has 0 aliphatic rings. The van der Waals surface area contributed by atoms with E-state index >= 15 is 0 Å². The maximum Gasteiger partial charge on any atom is 0.328 e. The zero-order chi connectivity index (χ0) is 12.3. The van der Waals surface area contributed by atoms with Crippen LogP contribution in [0.15, 0.2) is 29.8 Å². The van der Waals surface area contributed by atoms with E-state index in [2.05, 4.69) is 15.3 Å². The summed E-state index contributed by atoms with van der Waals surface area (Å²) in [6, 6.07) is 4.75. The third-order valence-electron chi connectivity index (χ3n) is 2.24. The lowest BCUT2D eigenvalue weighted by atomic mass is 10.2. The van der Waals surface area contributed by atoms with E-state index in [0.29, 0.717) is 0 Å². The van der Waals surface area contributed by atoms with E-state index in [-0.39, 0.29) is 5.82 Å². The molecule has 1 atom stereocenters. The van der Waals surface area contributed by atoms with Gasteiger partial charge in [0.2, 0.25) is 0 Å². The van der Waals surface area contributed by atoms with Gasteiger partial charge < -0.3 is 10.4 Å². The molecule has 0 aliphatic carbocycles. The summed E-state index contributed by atoms with van der Waals surface area (Å²) in [7, 11) is 1.57. The first-order valence-electron chi connectivity index (χ1n) is 4.99. The number of thiophene rings is 1. The Hall–Kier alpha value is -1.79. The first-order valence-corrected chi connectivity index (χ1v) is 5.87. The first kappa shape index (κ1) is 11.7. The monoisotopic (exact) mass is 249 g/mol. The molecule has 0 saturated carbocycles. The minimum absolute atomic E-state index is 0.269. The second-order valence-corrected chi connectivity index (χ2v) is 4.29. The van der Waals surface area contributed by atoms with Crippen molar-refractivity contribution in [2.45, 2.75) is 6.04 Å². The average Bonchev–Trinajstić information content (AvgIpc) is 2.83. The zero-order valence-corrected chi connectivity index (χ0v) is 9.94. The maximum atomic E-state index is 11.0. The molecule has 17 heavy (non-hydrogen) atoms. The topological polar surface area (TPSA) is 75.1 Å². The van der Waals surface area contributed by atoms with Gasteiger partial charge in [0.1, 0.15) is 0 Å². The maximum absolute atomic E-state index is 11.0. The number of aliphatic carboxylic acids is 1. The van der Waals surface area contributed by atoms with Crippen molar-refractivity contribution in [3.63, 3.8) is 0 Å². The predicted molar refractivity (Wildman–Crippen MR) is 64.8 cm³/mol. The summed E-state index contributed by atoms with van der Waals surface area (Å²) >= 11 is 1.55. The van der Waals surface area contributed by atoms with E-state index in [1.165, 1.54) is 0 Å². The molecule has 0 radical (unpaired) electrons. The molecule has 2 aromatic rings. The molecule has 5 nitrogen and oxygen atoms in total. The Kier molecular flexibility index (Phi) is 3.46. The van der Waals surface area contributed by atoms with Crippen LogP contribution in [0.2, 0.25) is 0 Å². The Bertz CT molecular complexity index is 513. The largest absolute Gasteiger partial charge is 0.480 e. The number of carboxylic acid groups (broad SMARTS) is 1. The van der Waals surface area contributed by atoms with Gasteiger partial charge in [0.05, 0.1) is 10.6 Å². The second-order valence-electron chi connectivity index (χ2n) is 3.34. The SMILES string of the molecule is CNC(C(=O)O)c1nccc(-c2cccs2)n1.